The van der Waals surface area contributed by atoms with Gasteiger partial charge in [0.15, 0.2) is 0 Å². The molecule has 0 aliphatic carbocycles. The van der Waals surface area contributed by atoms with E-state index in [2.05, 4.69) is 18.0 Å². The first-order chi connectivity index (χ1) is 24.0. The van der Waals surface area contributed by atoms with Crippen molar-refractivity contribution in [2.75, 3.05) is 26.4 Å². The Labute approximate surface area is 290 Å². The van der Waals surface area contributed by atoms with E-state index in [4.69, 9.17) is 35.0 Å². The highest BCUT2D eigenvalue weighted by atomic mass is 16.5. The fraction of sp³-hybridized carbons (Fsp3) is 0.263. The van der Waals surface area contributed by atoms with Gasteiger partial charge in [0.05, 0.1) is 50.2 Å². The molecule has 3 aromatic rings. The maximum atomic E-state index is 12.8. The molecule has 0 unspecified atom stereocenters. The Balaban J connectivity index is 1.52. The third kappa shape index (κ3) is 11.7. The van der Waals surface area contributed by atoms with Gasteiger partial charge in [-0.1, -0.05) is 13.2 Å². The lowest BCUT2D eigenvalue weighted by molar-refractivity contribution is -0.139. The lowest BCUT2D eigenvalue weighted by atomic mass is 10.1. The Hall–Kier alpha value is -6.40. The molecule has 0 atom stereocenters. The number of hydrogen-bond acceptors (Lipinski definition) is 11. The van der Waals surface area contributed by atoms with E-state index in [1.807, 2.05) is 6.07 Å². The zero-order chi connectivity index (χ0) is 36.5. The van der Waals surface area contributed by atoms with E-state index in [1.165, 1.54) is 36.4 Å². The van der Waals surface area contributed by atoms with Crippen LogP contribution in [-0.4, -0.2) is 50.3 Å². The first kappa shape index (κ1) is 38.1. The topological polar surface area (TPSA) is 152 Å². The number of rotatable bonds is 18. The first-order valence-electron chi connectivity index (χ1n) is 15.5. The molecule has 0 amide bonds. The number of carbonyl (C=O) groups is 4. The van der Waals surface area contributed by atoms with Crippen molar-refractivity contribution in [1.29, 1.82) is 5.26 Å². The van der Waals surface area contributed by atoms with Crippen molar-refractivity contribution in [3.63, 3.8) is 0 Å². The van der Waals surface area contributed by atoms with E-state index in [0.29, 0.717) is 61.5 Å². The molecule has 0 N–H and O–H groups in total. The fourth-order valence-electron chi connectivity index (χ4n) is 4.00. The molecular weight excluding hydrogens is 644 g/mol. The third-order valence-electron chi connectivity index (χ3n) is 6.69. The zero-order valence-corrected chi connectivity index (χ0v) is 27.8. The second-order valence-corrected chi connectivity index (χ2v) is 10.8. The van der Waals surface area contributed by atoms with Crippen molar-refractivity contribution < 1.29 is 47.6 Å². The summed E-state index contributed by atoms with van der Waals surface area (Å²) in [5, 5.41) is 9.80. The van der Waals surface area contributed by atoms with Crippen LogP contribution in [0, 0.1) is 17.9 Å². The number of esters is 4. The summed E-state index contributed by atoms with van der Waals surface area (Å²) in [6, 6.07) is 16.7. The Kier molecular flexibility index (Phi) is 14.8. The Bertz CT molecular complexity index is 1670. The van der Waals surface area contributed by atoms with Gasteiger partial charge in [-0.25, -0.2) is 24.0 Å². The molecule has 3 aromatic carbocycles. The molecule has 0 saturated carbocycles. The molecule has 12 nitrogen and oxygen atoms in total. The molecule has 12 heteroatoms. The predicted octanol–water partition coefficient (Wildman–Crippen LogP) is 7.10. The minimum absolute atomic E-state index is 0.171. The summed E-state index contributed by atoms with van der Waals surface area (Å²) in [4.78, 5) is 51.8. The van der Waals surface area contributed by atoms with E-state index in [-0.39, 0.29) is 47.1 Å². The summed E-state index contributed by atoms with van der Waals surface area (Å²) in [6.07, 6.45) is 2.50. The summed E-state index contributed by atoms with van der Waals surface area (Å²) in [5.41, 5.74) is 0.454. The van der Waals surface area contributed by atoms with Gasteiger partial charge in [-0.2, -0.15) is 5.26 Å². The van der Waals surface area contributed by atoms with Gasteiger partial charge in [-0.05, 0) is 100 Å². The van der Waals surface area contributed by atoms with Gasteiger partial charge in [0.1, 0.15) is 28.6 Å². The summed E-state index contributed by atoms with van der Waals surface area (Å²) in [7, 11) is 0. The highest BCUT2D eigenvalue weighted by Gasteiger charge is 2.21. The predicted molar refractivity (Wildman–Crippen MR) is 181 cm³/mol. The molecular formula is C38H36N2O10. The smallest absolute Gasteiger partial charge is 0.343 e. The molecule has 0 aliphatic heterocycles. The summed E-state index contributed by atoms with van der Waals surface area (Å²) < 4.78 is 32.2. The maximum Gasteiger partial charge on any atom is 0.343 e. The lowest BCUT2D eigenvalue weighted by Gasteiger charge is -2.12. The molecule has 50 heavy (non-hydrogen) atoms. The second-order valence-electron chi connectivity index (χ2n) is 10.8. The molecule has 0 fully saturated rings. The van der Waals surface area contributed by atoms with Crippen LogP contribution in [-0.2, 0) is 19.1 Å². The van der Waals surface area contributed by atoms with Crippen molar-refractivity contribution in [2.24, 2.45) is 0 Å². The number of carbonyl (C=O) groups excluding carboxylic acids is 4. The van der Waals surface area contributed by atoms with Crippen molar-refractivity contribution in [3.05, 3.63) is 113 Å². The Morgan fingerprint density at radius 2 is 1.06 bits per heavy atom. The van der Waals surface area contributed by atoms with Crippen LogP contribution in [0.4, 0.5) is 5.69 Å². The molecule has 0 spiro atoms. The monoisotopic (exact) mass is 680 g/mol. The molecule has 0 heterocycles. The average molecular weight is 681 g/mol. The van der Waals surface area contributed by atoms with E-state index < -0.39 is 23.9 Å². The van der Waals surface area contributed by atoms with E-state index in [1.54, 1.807) is 38.1 Å². The molecule has 0 saturated heterocycles. The number of ether oxygens (including phenoxy) is 6. The van der Waals surface area contributed by atoms with Crippen LogP contribution in [0.3, 0.4) is 0 Å². The number of unbranched alkanes of at least 4 members (excludes halogenated alkanes) is 2. The summed E-state index contributed by atoms with van der Waals surface area (Å²) >= 11 is 0. The van der Waals surface area contributed by atoms with Crippen molar-refractivity contribution in [1.82, 2.24) is 0 Å². The Morgan fingerprint density at radius 3 is 1.46 bits per heavy atom. The first-order valence-corrected chi connectivity index (χ1v) is 15.5. The number of benzene rings is 3. The second kappa shape index (κ2) is 19.4. The van der Waals surface area contributed by atoms with E-state index in [9.17, 15) is 24.4 Å². The molecule has 3 rings (SSSR count). The van der Waals surface area contributed by atoms with E-state index in [0.717, 1.165) is 0 Å². The minimum Gasteiger partial charge on any atom is -0.494 e. The summed E-state index contributed by atoms with van der Waals surface area (Å²) in [5.74, 6) is -1.75. The van der Waals surface area contributed by atoms with Crippen molar-refractivity contribution in [2.45, 2.75) is 39.5 Å². The average Bonchev–Trinajstić information content (AvgIpc) is 3.11. The lowest BCUT2D eigenvalue weighted by Crippen LogP contribution is -2.11. The number of hydrogen-bond donors (Lipinski definition) is 0. The van der Waals surface area contributed by atoms with Gasteiger partial charge >= 0.3 is 23.9 Å². The molecule has 0 aromatic heterocycles. The third-order valence-corrected chi connectivity index (χ3v) is 6.69. The van der Waals surface area contributed by atoms with Gasteiger partial charge in [-0.3, -0.25) is 0 Å². The molecule has 258 valence electrons. The van der Waals surface area contributed by atoms with Crippen molar-refractivity contribution >= 4 is 29.6 Å². The van der Waals surface area contributed by atoms with Crippen LogP contribution >= 0.6 is 0 Å². The summed E-state index contributed by atoms with van der Waals surface area (Å²) in [6.45, 7) is 19.1. The SMILES string of the molecule is [C-]#[N+]c1c(OC(=O)c2ccc(OCCCCOC(=O)C(=C)C)cc2)ccc(OC(=O)c2ccc(OCCCCOC(=O)C(=C)C)cc2)c1C#N. The quantitative estimate of drug-likeness (QED) is 0.0444. The van der Waals surface area contributed by atoms with Gasteiger partial charge in [0.2, 0.25) is 5.69 Å². The number of nitriles is 1. The zero-order valence-electron chi connectivity index (χ0n) is 27.8. The molecule has 0 aliphatic rings. The largest absolute Gasteiger partial charge is 0.494 e. The van der Waals surface area contributed by atoms with Crippen LogP contribution < -0.4 is 18.9 Å². The van der Waals surface area contributed by atoms with Gasteiger partial charge in [0.25, 0.3) is 0 Å². The minimum atomic E-state index is -0.776. The highest BCUT2D eigenvalue weighted by molar-refractivity contribution is 5.94. The normalized spacial score (nSPS) is 10.1. The van der Waals surface area contributed by atoms with Crippen LogP contribution in [0.5, 0.6) is 23.0 Å². The van der Waals surface area contributed by atoms with Crippen molar-refractivity contribution in [3.8, 4) is 29.1 Å². The van der Waals surface area contributed by atoms with Gasteiger partial charge in [-0.15, -0.1) is 0 Å². The fourth-order valence-corrected chi connectivity index (χ4v) is 4.00. The highest BCUT2D eigenvalue weighted by Crippen LogP contribution is 2.38. The Morgan fingerprint density at radius 1 is 0.660 bits per heavy atom. The van der Waals surface area contributed by atoms with Crippen LogP contribution in [0.15, 0.2) is 85.0 Å². The molecule has 0 radical (unpaired) electrons. The van der Waals surface area contributed by atoms with Gasteiger partial charge in [0, 0.05) is 11.1 Å². The van der Waals surface area contributed by atoms with Crippen LogP contribution in [0.1, 0.15) is 65.8 Å². The van der Waals surface area contributed by atoms with Gasteiger partial charge < -0.3 is 28.4 Å². The molecule has 0 bridgehead atoms. The maximum absolute atomic E-state index is 12.8. The van der Waals surface area contributed by atoms with E-state index >= 15 is 0 Å². The van der Waals surface area contributed by atoms with Crippen LogP contribution in [0.2, 0.25) is 0 Å². The standard InChI is InChI=1S/C38H36N2O10/c1-25(2)35(41)47-22-8-6-20-45-29-14-10-27(11-15-29)37(43)49-32-18-19-33(34(40-5)31(32)24-39)50-38(44)28-12-16-30(17-13-28)46-21-7-9-23-48-36(42)26(3)4/h10-19H,1,3,6-9,20-23H2,2,4H3. The van der Waals surface area contributed by atoms with Crippen LogP contribution in [0.25, 0.3) is 4.85 Å². The number of nitrogens with zero attached hydrogens (tertiary/aromatic N) is 2.